The molecule has 1 aromatic carbocycles. The number of nitro benzene ring substituents is 1. The molecule has 0 saturated heterocycles. The molecule has 1 aliphatic rings. The minimum Gasteiger partial charge on any atom is -0.502 e. The number of hydrogen-bond acceptors (Lipinski definition) is 7. The number of carbonyl (C=O) groups is 2. The van der Waals surface area contributed by atoms with Crippen LogP contribution in [0.15, 0.2) is 12.1 Å². The van der Waals surface area contributed by atoms with Crippen LogP contribution in [0.5, 0.6) is 5.75 Å². The van der Waals surface area contributed by atoms with Gasteiger partial charge in [-0.3, -0.25) is 15.0 Å². The van der Waals surface area contributed by atoms with Gasteiger partial charge in [0.15, 0.2) is 5.75 Å². The van der Waals surface area contributed by atoms with Crippen molar-refractivity contribution in [3.8, 4) is 5.75 Å². The maximum atomic E-state index is 12.4. The molecule has 2 rings (SSSR count). The van der Waals surface area contributed by atoms with Crippen LogP contribution in [0, 0.1) is 10.1 Å². The second kappa shape index (κ2) is 6.58. The number of methoxy groups -OCH3 is 1. The van der Waals surface area contributed by atoms with Gasteiger partial charge in [-0.25, -0.2) is 9.59 Å². The van der Waals surface area contributed by atoms with Gasteiger partial charge in [-0.05, 0) is 38.0 Å². The topological polar surface area (TPSA) is 119 Å². The maximum absolute atomic E-state index is 12.4. The summed E-state index contributed by atoms with van der Waals surface area (Å²) in [5, 5.41) is 20.8. The number of carbonyl (C=O) groups excluding carboxylic acids is 2. The first kappa shape index (κ1) is 18.5. The van der Waals surface area contributed by atoms with Gasteiger partial charge in [0.2, 0.25) is 0 Å². The number of amides is 1. The number of aromatic hydroxyl groups is 1. The molecule has 136 valence electrons. The van der Waals surface area contributed by atoms with Crippen LogP contribution in [-0.4, -0.2) is 45.7 Å². The van der Waals surface area contributed by atoms with Crippen molar-refractivity contribution >= 4 is 17.7 Å². The Morgan fingerprint density at radius 1 is 1.32 bits per heavy atom. The van der Waals surface area contributed by atoms with E-state index in [4.69, 9.17) is 9.47 Å². The zero-order valence-corrected chi connectivity index (χ0v) is 14.4. The molecule has 1 amide bonds. The molecule has 0 unspecified atom stereocenters. The number of fused-ring (bicyclic) bond motifs is 1. The molecule has 25 heavy (non-hydrogen) atoms. The number of phenolic OH excluding ortho intramolecular Hbond substituents is 1. The van der Waals surface area contributed by atoms with Crippen LogP contribution in [-0.2, 0) is 27.2 Å². The van der Waals surface area contributed by atoms with E-state index in [0.717, 1.165) is 0 Å². The van der Waals surface area contributed by atoms with E-state index in [1.807, 2.05) is 0 Å². The van der Waals surface area contributed by atoms with Crippen LogP contribution in [0.2, 0.25) is 0 Å². The summed E-state index contributed by atoms with van der Waals surface area (Å²) in [7, 11) is 1.20. The van der Waals surface area contributed by atoms with Crippen LogP contribution in [0.25, 0.3) is 0 Å². The lowest BCUT2D eigenvalue weighted by atomic mass is 9.93. The summed E-state index contributed by atoms with van der Waals surface area (Å²) in [5.74, 6) is -1.14. The molecule has 9 heteroatoms. The van der Waals surface area contributed by atoms with Gasteiger partial charge in [0, 0.05) is 12.5 Å². The van der Waals surface area contributed by atoms with Crippen molar-refractivity contribution in [2.24, 2.45) is 0 Å². The van der Waals surface area contributed by atoms with Crippen molar-refractivity contribution in [1.29, 1.82) is 0 Å². The SMILES string of the molecule is COC(=O)[C@@H]1Cc2cc([N+](=O)[O-])c(O)cc2CN1C(=O)OC(C)(C)C. The lowest BCUT2D eigenvalue weighted by Gasteiger charge is -2.36. The minimum absolute atomic E-state index is 0.0301. The zero-order chi connectivity index (χ0) is 18.9. The normalized spacial score (nSPS) is 16.8. The van der Waals surface area contributed by atoms with Gasteiger partial charge >= 0.3 is 17.7 Å². The highest BCUT2D eigenvalue weighted by Gasteiger charge is 2.38. The summed E-state index contributed by atoms with van der Waals surface area (Å²) in [5.41, 5.74) is -0.197. The Morgan fingerprint density at radius 2 is 1.96 bits per heavy atom. The number of rotatable bonds is 2. The third-order valence-electron chi connectivity index (χ3n) is 3.72. The van der Waals surface area contributed by atoms with Crippen molar-refractivity contribution < 1.29 is 29.1 Å². The summed E-state index contributed by atoms with van der Waals surface area (Å²) in [6.45, 7) is 5.07. The lowest BCUT2D eigenvalue weighted by molar-refractivity contribution is -0.386. The molecule has 1 heterocycles. The fraction of sp³-hybridized carbons (Fsp3) is 0.500. The van der Waals surface area contributed by atoms with E-state index >= 15 is 0 Å². The molecular formula is C16H20N2O7. The first-order valence-electron chi connectivity index (χ1n) is 7.60. The molecule has 0 saturated carbocycles. The predicted molar refractivity (Wildman–Crippen MR) is 86.0 cm³/mol. The van der Waals surface area contributed by atoms with Gasteiger partial charge in [-0.2, -0.15) is 0 Å². The van der Waals surface area contributed by atoms with Crippen LogP contribution in [0.4, 0.5) is 10.5 Å². The van der Waals surface area contributed by atoms with Gasteiger partial charge in [0.25, 0.3) is 0 Å². The average Bonchev–Trinajstić information content (AvgIpc) is 2.50. The standard InChI is InChI=1S/C16H20N2O7/c1-16(2,3)25-15(21)17-8-10-7-13(19)11(18(22)23)5-9(10)6-12(17)14(20)24-4/h5,7,12,19H,6,8H2,1-4H3/t12-/m0/s1. The van der Waals surface area contributed by atoms with E-state index < -0.39 is 40.1 Å². The second-order valence-corrected chi connectivity index (χ2v) is 6.72. The molecular weight excluding hydrogens is 332 g/mol. The van der Waals surface area contributed by atoms with Crippen LogP contribution in [0.1, 0.15) is 31.9 Å². The van der Waals surface area contributed by atoms with Crippen molar-refractivity contribution in [2.75, 3.05) is 7.11 Å². The number of phenols is 1. The molecule has 0 aromatic heterocycles. The quantitative estimate of drug-likeness (QED) is 0.492. The van der Waals surface area contributed by atoms with E-state index in [9.17, 15) is 24.8 Å². The number of nitrogens with zero attached hydrogens (tertiary/aromatic N) is 2. The molecule has 0 fully saturated rings. The molecule has 9 nitrogen and oxygen atoms in total. The molecule has 1 N–H and O–H groups in total. The van der Waals surface area contributed by atoms with Gasteiger partial charge in [-0.1, -0.05) is 0 Å². The van der Waals surface area contributed by atoms with Gasteiger partial charge < -0.3 is 14.6 Å². The van der Waals surface area contributed by atoms with Crippen LogP contribution >= 0.6 is 0 Å². The number of ether oxygens (including phenoxy) is 2. The maximum Gasteiger partial charge on any atom is 0.411 e. The fourth-order valence-corrected chi connectivity index (χ4v) is 2.62. The third-order valence-corrected chi connectivity index (χ3v) is 3.72. The Bertz CT molecular complexity index is 724. The van der Waals surface area contributed by atoms with E-state index in [1.54, 1.807) is 20.8 Å². The molecule has 0 aliphatic carbocycles. The van der Waals surface area contributed by atoms with Crippen molar-refractivity contribution in [2.45, 2.75) is 45.4 Å². The number of nitro groups is 1. The smallest absolute Gasteiger partial charge is 0.411 e. The Kier molecular flexibility index (Phi) is 4.87. The van der Waals surface area contributed by atoms with Crippen LogP contribution < -0.4 is 0 Å². The Morgan fingerprint density at radius 3 is 2.48 bits per heavy atom. The monoisotopic (exact) mass is 352 g/mol. The Balaban J connectivity index is 2.42. The first-order chi connectivity index (χ1) is 11.5. The summed E-state index contributed by atoms with van der Waals surface area (Å²) in [4.78, 5) is 36.0. The van der Waals surface area contributed by atoms with Gasteiger partial charge in [0.1, 0.15) is 11.6 Å². The lowest BCUT2D eigenvalue weighted by Crippen LogP contribution is -2.50. The molecule has 0 spiro atoms. The highest BCUT2D eigenvalue weighted by molar-refractivity contribution is 5.82. The molecule has 1 aliphatic heterocycles. The minimum atomic E-state index is -0.962. The number of hydrogen-bond donors (Lipinski definition) is 1. The first-order valence-corrected chi connectivity index (χ1v) is 7.60. The highest BCUT2D eigenvalue weighted by atomic mass is 16.6. The van der Waals surface area contributed by atoms with Crippen molar-refractivity contribution in [3.05, 3.63) is 33.4 Å². The Hall–Kier alpha value is -2.84. The largest absolute Gasteiger partial charge is 0.502 e. The third kappa shape index (κ3) is 3.98. The summed E-state index contributed by atoms with van der Waals surface area (Å²) in [6.07, 6.45) is -0.672. The van der Waals surface area contributed by atoms with Gasteiger partial charge in [-0.15, -0.1) is 0 Å². The summed E-state index contributed by atoms with van der Waals surface area (Å²) < 4.78 is 10.1. The molecule has 1 atom stereocenters. The van der Waals surface area contributed by atoms with E-state index in [1.165, 1.54) is 24.1 Å². The van der Waals surface area contributed by atoms with Crippen LogP contribution in [0.3, 0.4) is 0 Å². The van der Waals surface area contributed by atoms with E-state index in [-0.39, 0.29) is 13.0 Å². The second-order valence-electron chi connectivity index (χ2n) is 6.72. The molecule has 0 bridgehead atoms. The highest BCUT2D eigenvalue weighted by Crippen LogP contribution is 2.34. The van der Waals surface area contributed by atoms with Crippen molar-refractivity contribution in [3.63, 3.8) is 0 Å². The fourth-order valence-electron chi connectivity index (χ4n) is 2.62. The van der Waals surface area contributed by atoms with Gasteiger partial charge in [0.05, 0.1) is 18.6 Å². The number of esters is 1. The predicted octanol–water partition coefficient (Wildman–Crippen LogP) is 2.14. The van der Waals surface area contributed by atoms with Crippen molar-refractivity contribution in [1.82, 2.24) is 4.90 Å². The average molecular weight is 352 g/mol. The number of benzene rings is 1. The molecule has 1 aromatic rings. The summed E-state index contributed by atoms with van der Waals surface area (Å²) >= 11 is 0. The van der Waals surface area contributed by atoms with E-state index in [2.05, 4.69) is 0 Å². The van der Waals surface area contributed by atoms with E-state index in [0.29, 0.717) is 11.1 Å². The Labute approximate surface area is 144 Å². The zero-order valence-electron chi connectivity index (χ0n) is 14.4. The molecule has 0 radical (unpaired) electrons. The summed E-state index contributed by atoms with van der Waals surface area (Å²) in [6, 6.07) is 1.49.